The van der Waals surface area contributed by atoms with E-state index in [-0.39, 0.29) is 0 Å². The van der Waals surface area contributed by atoms with Gasteiger partial charge in [-0.3, -0.25) is 0 Å². The molecule has 1 heterocycles. The maximum Gasteiger partial charge on any atom is 0.241 e. The molecule has 0 saturated carbocycles. The van der Waals surface area contributed by atoms with Crippen LogP contribution in [0, 0.1) is 0 Å². The van der Waals surface area contributed by atoms with Crippen molar-refractivity contribution in [1.29, 1.82) is 0 Å². The van der Waals surface area contributed by atoms with E-state index in [4.69, 9.17) is 18.9 Å². The van der Waals surface area contributed by atoms with Crippen molar-refractivity contribution in [2.24, 2.45) is 0 Å². The van der Waals surface area contributed by atoms with Gasteiger partial charge >= 0.3 is 0 Å². The first-order valence-electron chi connectivity index (χ1n) is 16.5. The molecule has 0 atom stereocenters. The van der Waals surface area contributed by atoms with Crippen LogP contribution in [0.25, 0.3) is 0 Å². The average molecular weight is 620 g/mol. The van der Waals surface area contributed by atoms with Crippen LogP contribution >= 0.6 is 11.3 Å². The number of unbranched alkanes of at least 4 members (excludes halogenated alkanes) is 16. The van der Waals surface area contributed by atoms with Crippen LogP contribution in [-0.4, -0.2) is 67.8 Å². The van der Waals surface area contributed by atoms with Gasteiger partial charge in [0.05, 0.1) is 44.5 Å². The third-order valence-corrected chi connectivity index (χ3v) is 9.36. The molecular formula is C32H61NO6S2. The summed E-state index contributed by atoms with van der Waals surface area (Å²) in [6.07, 6.45) is 22.4. The lowest BCUT2D eigenvalue weighted by Crippen LogP contribution is -2.24. The molecule has 9 heteroatoms. The van der Waals surface area contributed by atoms with Crippen LogP contribution in [0.5, 0.6) is 0 Å². The Balaban J connectivity index is 1.66. The molecule has 1 N–H and O–H groups in total. The molecule has 0 unspecified atom stereocenters. The van der Waals surface area contributed by atoms with Crippen LogP contribution < -0.4 is 4.72 Å². The standard InChI is InChI=1S/C32H61NO6S2/c1-2-3-4-5-6-12-15-18-22-36-24-26-38-28-29-39-27-25-37-23-19-16-13-10-8-7-9-11-14-17-21-33-41(34,35)32-20-30-40-31-32/h20,30-31,33H,2-19,21-29H2,1H3. The van der Waals surface area contributed by atoms with Crippen molar-refractivity contribution < 1.29 is 27.4 Å². The van der Waals surface area contributed by atoms with Gasteiger partial charge in [-0.05, 0) is 30.7 Å². The van der Waals surface area contributed by atoms with Crippen LogP contribution in [0.4, 0.5) is 0 Å². The second kappa shape index (κ2) is 29.5. The first-order chi connectivity index (χ1) is 20.2. The smallest absolute Gasteiger partial charge is 0.241 e. The summed E-state index contributed by atoms with van der Waals surface area (Å²) in [5.74, 6) is 0. The molecule has 0 fully saturated rings. The predicted molar refractivity (Wildman–Crippen MR) is 172 cm³/mol. The monoisotopic (exact) mass is 619 g/mol. The van der Waals surface area contributed by atoms with Crippen molar-refractivity contribution in [2.75, 3.05) is 59.4 Å². The number of thiophene rings is 1. The number of rotatable bonds is 33. The fraction of sp³-hybridized carbons (Fsp3) is 0.875. The predicted octanol–water partition coefficient (Wildman–Crippen LogP) is 8.13. The Hall–Kier alpha value is -0.550. The Labute approximate surface area is 256 Å². The lowest BCUT2D eigenvalue weighted by Gasteiger charge is -2.08. The van der Waals surface area contributed by atoms with E-state index in [0.717, 1.165) is 38.9 Å². The van der Waals surface area contributed by atoms with Crippen LogP contribution in [0.3, 0.4) is 0 Å². The summed E-state index contributed by atoms with van der Waals surface area (Å²) in [5.41, 5.74) is 0. The molecule has 0 aliphatic rings. The van der Waals surface area contributed by atoms with E-state index in [1.807, 2.05) is 0 Å². The van der Waals surface area contributed by atoms with E-state index in [1.165, 1.54) is 101 Å². The quantitative estimate of drug-likeness (QED) is 0.0800. The van der Waals surface area contributed by atoms with E-state index < -0.39 is 10.0 Å². The summed E-state index contributed by atoms with van der Waals surface area (Å²) in [5, 5.41) is 3.45. The van der Waals surface area contributed by atoms with Crippen LogP contribution in [0.2, 0.25) is 0 Å². The van der Waals surface area contributed by atoms with E-state index >= 15 is 0 Å². The van der Waals surface area contributed by atoms with Crippen molar-refractivity contribution in [3.8, 4) is 0 Å². The molecule has 242 valence electrons. The van der Waals surface area contributed by atoms with Gasteiger partial charge in [-0.1, -0.05) is 103 Å². The minimum atomic E-state index is -3.31. The van der Waals surface area contributed by atoms with Gasteiger partial charge in [-0.2, -0.15) is 11.3 Å². The number of nitrogens with one attached hydrogen (secondary N) is 1. The molecule has 0 saturated heterocycles. The topological polar surface area (TPSA) is 83.1 Å². The fourth-order valence-electron chi connectivity index (χ4n) is 4.54. The molecule has 0 radical (unpaired) electrons. The molecule has 41 heavy (non-hydrogen) atoms. The summed E-state index contributed by atoms with van der Waals surface area (Å²) in [7, 11) is -3.31. The molecule has 0 amide bonds. The summed E-state index contributed by atoms with van der Waals surface area (Å²) < 4.78 is 49.2. The van der Waals surface area contributed by atoms with Crippen LogP contribution in [-0.2, 0) is 29.0 Å². The van der Waals surface area contributed by atoms with Gasteiger partial charge in [0.2, 0.25) is 10.0 Å². The summed E-state index contributed by atoms with van der Waals surface area (Å²) >= 11 is 1.40. The van der Waals surface area contributed by atoms with Gasteiger partial charge in [0.1, 0.15) is 0 Å². The highest BCUT2D eigenvalue weighted by Gasteiger charge is 2.12. The number of sulfonamides is 1. The van der Waals surface area contributed by atoms with E-state index in [9.17, 15) is 8.42 Å². The zero-order chi connectivity index (χ0) is 29.5. The minimum Gasteiger partial charge on any atom is -0.379 e. The molecule has 0 aliphatic heterocycles. The van der Waals surface area contributed by atoms with Crippen molar-refractivity contribution in [2.45, 2.75) is 127 Å². The summed E-state index contributed by atoms with van der Waals surface area (Å²) in [6, 6.07) is 1.64. The van der Waals surface area contributed by atoms with Gasteiger partial charge in [0.25, 0.3) is 0 Å². The second-order valence-electron chi connectivity index (χ2n) is 10.8. The minimum absolute atomic E-state index is 0.376. The first-order valence-corrected chi connectivity index (χ1v) is 18.9. The lowest BCUT2D eigenvalue weighted by atomic mass is 10.1. The normalized spacial score (nSPS) is 11.9. The lowest BCUT2D eigenvalue weighted by molar-refractivity contribution is -0.00248. The molecule has 0 aromatic carbocycles. The Bertz CT molecular complexity index is 745. The van der Waals surface area contributed by atoms with E-state index in [2.05, 4.69) is 11.6 Å². The highest BCUT2D eigenvalue weighted by molar-refractivity contribution is 7.89. The van der Waals surface area contributed by atoms with Crippen molar-refractivity contribution in [3.05, 3.63) is 16.8 Å². The summed E-state index contributed by atoms with van der Waals surface area (Å²) in [6.45, 7) is 8.24. The first kappa shape index (κ1) is 38.5. The van der Waals surface area contributed by atoms with Crippen molar-refractivity contribution >= 4 is 21.4 Å². The van der Waals surface area contributed by atoms with Crippen molar-refractivity contribution in [1.82, 2.24) is 4.72 Å². The van der Waals surface area contributed by atoms with Gasteiger partial charge in [0.15, 0.2) is 0 Å². The molecule has 1 aromatic rings. The number of hydrogen-bond donors (Lipinski definition) is 1. The van der Waals surface area contributed by atoms with E-state index in [1.54, 1.807) is 16.8 Å². The average Bonchev–Trinajstić information content (AvgIpc) is 3.52. The largest absolute Gasteiger partial charge is 0.379 e. The molecule has 0 bridgehead atoms. The molecular weight excluding hydrogens is 558 g/mol. The van der Waals surface area contributed by atoms with Gasteiger partial charge in [-0.15, -0.1) is 0 Å². The number of ether oxygens (including phenoxy) is 4. The molecule has 1 rings (SSSR count). The maximum atomic E-state index is 12.0. The Morgan fingerprint density at radius 2 is 0.951 bits per heavy atom. The van der Waals surface area contributed by atoms with Gasteiger partial charge < -0.3 is 18.9 Å². The zero-order valence-electron chi connectivity index (χ0n) is 26.1. The van der Waals surface area contributed by atoms with Gasteiger partial charge in [0, 0.05) is 25.1 Å². The van der Waals surface area contributed by atoms with Crippen LogP contribution in [0.15, 0.2) is 21.7 Å². The third kappa shape index (κ3) is 25.6. The second-order valence-corrected chi connectivity index (χ2v) is 13.4. The Morgan fingerprint density at radius 1 is 0.561 bits per heavy atom. The molecule has 7 nitrogen and oxygen atoms in total. The molecule has 1 aromatic heterocycles. The van der Waals surface area contributed by atoms with E-state index in [0.29, 0.717) is 51.1 Å². The van der Waals surface area contributed by atoms with Crippen LogP contribution in [0.1, 0.15) is 122 Å². The van der Waals surface area contributed by atoms with Gasteiger partial charge in [-0.25, -0.2) is 13.1 Å². The van der Waals surface area contributed by atoms with Crippen molar-refractivity contribution in [3.63, 3.8) is 0 Å². The summed E-state index contributed by atoms with van der Waals surface area (Å²) in [4.78, 5) is 0.376. The SMILES string of the molecule is CCCCCCCCCCOCCOCCOCCOCCCCCCCCCCCCNS(=O)(=O)c1ccsc1. The number of hydrogen-bond acceptors (Lipinski definition) is 7. The highest BCUT2D eigenvalue weighted by Crippen LogP contribution is 2.14. The Kier molecular flexibility index (Phi) is 27.7. The molecule has 0 spiro atoms. The Morgan fingerprint density at radius 3 is 1.37 bits per heavy atom. The molecule has 0 aliphatic carbocycles. The third-order valence-electron chi connectivity index (χ3n) is 7.07. The highest BCUT2D eigenvalue weighted by atomic mass is 32.2. The maximum absolute atomic E-state index is 12.0. The fourth-order valence-corrected chi connectivity index (χ4v) is 6.64. The zero-order valence-corrected chi connectivity index (χ0v) is 27.7.